The highest BCUT2D eigenvalue weighted by molar-refractivity contribution is 5.92. The molecule has 6 nitrogen and oxygen atoms in total. The van der Waals surface area contributed by atoms with Crippen LogP contribution in [0.3, 0.4) is 0 Å². The number of aromatic nitrogens is 1. The fourth-order valence-corrected chi connectivity index (χ4v) is 3.18. The Hall–Kier alpha value is -2.86. The number of pyridine rings is 1. The molecule has 6 heteroatoms. The van der Waals surface area contributed by atoms with E-state index in [1.54, 1.807) is 13.2 Å². The third-order valence-corrected chi connectivity index (χ3v) is 4.70. The maximum Gasteiger partial charge on any atom is 0.246 e. The molecule has 1 aliphatic rings. The Bertz CT molecular complexity index is 800. The van der Waals surface area contributed by atoms with Crippen molar-refractivity contribution in [2.45, 2.75) is 13.5 Å². The SMILES string of the molecule is CCOc1ccc(/C=C/C(=O)N2CCN(Cc3ccccn3)CC2)cc1OC. The van der Waals surface area contributed by atoms with Crippen LogP contribution >= 0.6 is 0 Å². The van der Waals surface area contributed by atoms with Crippen molar-refractivity contribution in [2.24, 2.45) is 0 Å². The Morgan fingerprint density at radius 2 is 1.96 bits per heavy atom. The second kappa shape index (κ2) is 9.90. The number of methoxy groups -OCH3 is 1. The van der Waals surface area contributed by atoms with Gasteiger partial charge in [0.05, 0.1) is 19.4 Å². The molecule has 1 aliphatic heterocycles. The number of hydrogen-bond acceptors (Lipinski definition) is 5. The summed E-state index contributed by atoms with van der Waals surface area (Å²) in [5.74, 6) is 1.41. The minimum Gasteiger partial charge on any atom is -0.493 e. The molecule has 0 saturated carbocycles. The molecule has 148 valence electrons. The monoisotopic (exact) mass is 381 g/mol. The van der Waals surface area contributed by atoms with Crippen LogP contribution in [0.25, 0.3) is 6.08 Å². The van der Waals surface area contributed by atoms with E-state index in [9.17, 15) is 4.79 Å². The molecule has 28 heavy (non-hydrogen) atoms. The largest absolute Gasteiger partial charge is 0.493 e. The molecule has 0 N–H and O–H groups in total. The highest BCUT2D eigenvalue weighted by Gasteiger charge is 2.19. The van der Waals surface area contributed by atoms with Gasteiger partial charge in [-0.25, -0.2) is 0 Å². The number of ether oxygens (including phenoxy) is 2. The highest BCUT2D eigenvalue weighted by atomic mass is 16.5. The molecule has 0 atom stereocenters. The molecule has 1 aromatic carbocycles. The fraction of sp³-hybridized carbons (Fsp3) is 0.364. The van der Waals surface area contributed by atoms with Gasteiger partial charge in [0.2, 0.25) is 5.91 Å². The summed E-state index contributed by atoms with van der Waals surface area (Å²) in [5, 5.41) is 0. The number of carbonyl (C=O) groups is 1. The Morgan fingerprint density at radius 1 is 1.14 bits per heavy atom. The predicted octanol–water partition coefficient (Wildman–Crippen LogP) is 2.85. The maximum absolute atomic E-state index is 12.5. The Morgan fingerprint density at radius 3 is 2.64 bits per heavy atom. The van der Waals surface area contributed by atoms with E-state index < -0.39 is 0 Å². The van der Waals surface area contributed by atoms with Gasteiger partial charge in [-0.3, -0.25) is 14.7 Å². The van der Waals surface area contributed by atoms with Crippen LogP contribution < -0.4 is 9.47 Å². The fourth-order valence-electron chi connectivity index (χ4n) is 3.18. The first-order valence-corrected chi connectivity index (χ1v) is 9.59. The standard InChI is InChI=1S/C22H27N3O3/c1-3-28-20-9-7-18(16-21(20)27-2)8-10-22(26)25-14-12-24(13-15-25)17-19-6-4-5-11-23-19/h4-11,16H,3,12-15,17H2,1-2H3/b10-8+. The van der Waals surface area contributed by atoms with E-state index in [4.69, 9.17) is 9.47 Å². The van der Waals surface area contributed by atoms with Crippen molar-refractivity contribution in [1.29, 1.82) is 0 Å². The summed E-state index contributed by atoms with van der Waals surface area (Å²) < 4.78 is 10.9. The summed E-state index contributed by atoms with van der Waals surface area (Å²) in [6, 6.07) is 11.6. The molecule has 0 bridgehead atoms. The first-order valence-electron chi connectivity index (χ1n) is 9.59. The van der Waals surface area contributed by atoms with Gasteiger partial charge in [-0.1, -0.05) is 12.1 Å². The van der Waals surface area contributed by atoms with E-state index in [0.717, 1.165) is 44.0 Å². The van der Waals surface area contributed by atoms with Gasteiger partial charge in [0.25, 0.3) is 0 Å². The summed E-state index contributed by atoms with van der Waals surface area (Å²) in [6.07, 6.45) is 5.26. The van der Waals surface area contributed by atoms with Crippen molar-refractivity contribution < 1.29 is 14.3 Å². The zero-order valence-corrected chi connectivity index (χ0v) is 16.5. The minimum atomic E-state index is 0.0327. The van der Waals surface area contributed by atoms with Crippen LogP contribution in [0.15, 0.2) is 48.7 Å². The van der Waals surface area contributed by atoms with Crippen LogP contribution in [-0.2, 0) is 11.3 Å². The molecule has 0 aliphatic carbocycles. The molecule has 0 radical (unpaired) electrons. The van der Waals surface area contributed by atoms with E-state index in [1.807, 2.05) is 60.5 Å². The van der Waals surface area contributed by atoms with E-state index in [0.29, 0.717) is 18.1 Å². The van der Waals surface area contributed by atoms with Crippen LogP contribution in [0.5, 0.6) is 11.5 Å². The van der Waals surface area contributed by atoms with Crippen molar-refractivity contribution in [3.63, 3.8) is 0 Å². The minimum absolute atomic E-state index is 0.0327. The van der Waals surface area contributed by atoms with Crippen molar-refractivity contribution in [3.8, 4) is 11.5 Å². The zero-order chi connectivity index (χ0) is 19.8. The second-order valence-electron chi connectivity index (χ2n) is 6.60. The first kappa shape index (κ1) is 19.9. The second-order valence-corrected chi connectivity index (χ2v) is 6.60. The number of amides is 1. The van der Waals surface area contributed by atoms with Crippen molar-refractivity contribution in [1.82, 2.24) is 14.8 Å². The summed E-state index contributed by atoms with van der Waals surface area (Å²) in [6.45, 7) is 6.49. The molecule has 0 unspecified atom stereocenters. The molecular formula is C22H27N3O3. The quantitative estimate of drug-likeness (QED) is 0.691. The van der Waals surface area contributed by atoms with Crippen molar-refractivity contribution in [3.05, 3.63) is 59.9 Å². The third-order valence-electron chi connectivity index (χ3n) is 4.70. The summed E-state index contributed by atoms with van der Waals surface area (Å²) in [4.78, 5) is 21.1. The lowest BCUT2D eigenvalue weighted by atomic mass is 10.2. The van der Waals surface area contributed by atoms with Crippen LogP contribution in [-0.4, -0.2) is 60.6 Å². The zero-order valence-electron chi connectivity index (χ0n) is 16.5. The molecule has 1 amide bonds. The van der Waals surface area contributed by atoms with Gasteiger partial charge in [-0.2, -0.15) is 0 Å². The summed E-state index contributed by atoms with van der Waals surface area (Å²) >= 11 is 0. The number of carbonyl (C=O) groups excluding carboxylic acids is 1. The number of piperazine rings is 1. The van der Waals surface area contributed by atoms with E-state index in [-0.39, 0.29) is 5.91 Å². The highest BCUT2D eigenvalue weighted by Crippen LogP contribution is 2.28. The van der Waals surface area contributed by atoms with Crippen molar-refractivity contribution in [2.75, 3.05) is 39.9 Å². The van der Waals surface area contributed by atoms with E-state index in [1.165, 1.54) is 0 Å². The molecular weight excluding hydrogens is 354 g/mol. The number of rotatable bonds is 7. The van der Waals surface area contributed by atoms with Gasteiger partial charge in [0.1, 0.15) is 0 Å². The van der Waals surface area contributed by atoms with E-state index in [2.05, 4.69) is 9.88 Å². The lowest BCUT2D eigenvalue weighted by Gasteiger charge is -2.34. The first-order chi connectivity index (χ1) is 13.7. The van der Waals surface area contributed by atoms with Gasteiger partial charge in [-0.05, 0) is 42.8 Å². The normalized spacial score (nSPS) is 15.0. The molecule has 1 aromatic heterocycles. The molecule has 2 heterocycles. The van der Waals surface area contributed by atoms with Gasteiger partial charge in [-0.15, -0.1) is 0 Å². The number of hydrogen-bond donors (Lipinski definition) is 0. The lowest BCUT2D eigenvalue weighted by molar-refractivity contribution is -0.127. The Balaban J connectivity index is 1.52. The summed E-state index contributed by atoms with van der Waals surface area (Å²) in [5.41, 5.74) is 1.97. The molecule has 3 rings (SSSR count). The molecule has 0 spiro atoms. The van der Waals surface area contributed by atoms with Crippen molar-refractivity contribution >= 4 is 12.0 Å². The maximum atomic E-state index is 12.5. The van der Waals surface area contributed by atoms with Gasteiger partial charge >= 0.3 is 0 Å². The lowest BCUT2D eigenvalue weighted by Crippen LogP contribution is -2.47. The average Bonchev–Trinajstić information content (AvgIpc) is 2.74. The third kappa shape index (κ3) is 5.33. The molecule has 1 saturated heterocycles. The van der Waals surface area contributed by atoms with Crippen LogP contribution in [0, 0.1) is 0 Å². The van der Waals surface area contributed by atoms with Crippen LogP contribution in [0.2, 0.25) is 0 Å². The molecule has 2 aromatic rings. The smallest absolute Gasteiger partial charge is 0.246 e. The Labute approximate surface area is 166 Å². The number of benzene rings is 1. The topological polar surface area (TPSA) is 54.9 Å². The van der Waals surface area contributed by atoms with Gasteiger partial charge in [0, 0.05) is 45.0 Å². The van der Waals surface area contributed by atoms with Crippen LogP contribution in [0.1, 0.15) is 18.2 Å². The average molecular weight is 381 g/mol. The Kier molecular flexibility index (Phi) is 7.03. The van der Waals surface area contributed by atoms with E-state index >= 15 is 0 Å². The van der Waals surface area contributed by atoms with Gasteiger partial charge in [0.15, 0.2) is 11.5 Å². The predicted molar refractivity (Wildman–Crippen MR) is 109 cm³/mol. The van der Waals surface area contributed by atoms with Gasteiger partial charge < -0.3 is 14.4 Å². The summed E-state index contributed by atoms with van der Waals surface area (Å²) in [7, 11) is 1.61. The van der Waals surface area contributed by atoms with Crippen LogP contribution in [0.4, 0.5) is 0 Å². The molecule has 1 fully saturated rings. The number of nitrogens with zero attached hydrogens (tertiary/aromatic N) is 3.